The molecule has 0 atom stereocenters. The molecule has 2 aromatic carbocycles. The van der Waals surface area contributed by atoms with E-state index in [2.05, 4.69) is 4.74 Å². The minimum absolute atomic E-state index is 0.0587. The quantitative estimate of drug-likeness (QED) is 0.510. The molecule has 9 heteroatoms. The number of likely N-dealkylation sites (tertiary alicyclic amines) is 1. The molecule has 1 fully saturated rings. The summed E-state index contributed by atoms with van der Waals surface area (Å²) in [6.45, 7) is 1.01. The number of hydrogen-bond acceptors (Lipinski definition) is 5. The van der Waals surface area contributed by atoms with Gasteiger partial charge in [0.05, 0.1) is 6.61 Å². The summed E-state index contributed by atoms with van der Waals surface area (Å²) in [7, 11) is 1.65. The molecule has 1 heterocycles. The summed E-state index contributed by atoms with van der Waals surface area (Å²) in [5, 5.41) is 0. The van der Waals surface area contributed by atoms with Gasteiger partial charge in [0, 0.05) is 32.2 Å². The Labute approximate surface area is 198 Å². The van der Waals surface area contributed by atoms with Crippen molar-refractivity contribution in [3.8, 4) is 17.2 Å². The van der Waals surface area contributed by atoms with Gasteiger partial charge in [-0.1, -0.05) is 12.1 Å². The van der Waals surface area contributed by atoms with Crippen LogP contribution in [-0.2, 0) is 11.3 Å². The first kappa shape index (κ1) is 25.3. The maximum atomic E-state index is 12.9. The zero-order valence-electron chi connectivity index (χ0n) is 19.5. The van der Waals surface area contributed by atoms with Gasteiger partial charge in [0.2, 0.25) is 0 Å². The number of amides is 2. The second-order valence-corrected chi connectivity index (χ2v) is 8.01. The Hall–Kier alpha value is -3.36. The summed E-state index contributed by atoms with van der Waals surface area (Å²) in [4.78, 5) is 28.7. The first-order valence-corrected chi connectivity index (χ1v) is 11.3. The normalized spacial score (nSPS) is 13.5. The summed E-state index contributed by atoms with van der Waals surface area (Å²) in [5.41, 5.74) is 1.16. The minimum Gasteiger partial charge on any atom is -0.490 e. The van der Waals surface area contributed by atoms with Crippen molar-refractivity contribution in [3.63, 3.8) is 0 Å². The third-order valence-corrected chi connectivity index (χ3v) is 5.47. The number of hydrogen-bond donors (Lipinski definition) is 0. The lowest BCUT2D eigenvalue weighted by molar-refractivity contribution is -0.134. The number of rotatable bonds is 10. The van der Waals surface area contributed by atoms with Crippen LogP contribution in [0.15, 0.2) is 42.5 Å². The Balaban J connectivity index is 1.63. The van der Waals surface area contributed by atoms with Crippen molar-refractivity contribution in [1.29, 1.82) is 0 Å². The number of ether oxygens (including phenoxy) is 3. The molecule has 3 rings (SSSR count). The van der Waals surface area contributed by atoms with Crippen LogP contribution in [0, 0.1) is 0 Å². The third kappa shape index (κ3) is 7.07. The highest BCUT2D eigenvalue weighted by molar-refractivity contribution is 5.94. The molecular weight excluding hydrogens is 446 g/mol. The number of nitrogens with zero attached hydrogens (tertiary/aromatic N) is 2. The van der Waals surface area contributed by atoms with Gasteiger partial charge in [0.1, 0.15) is 5.75 Å². The summed E-state index contributed by atoms with van der Waals surface area (Å²) in [6.07, 6.45) is 3.16. The fourth-order valence-corrected chi connectivity index (χ4v) is 3.75. The molecular formula is C25H30F2N2O5. The van der Waals surface area contributed by atoms with Gasteiger partial charge in [-0.05, 0) is 62.1 Å². The minimum atomic E-state index is -2.88. The van der Waals surface area contributed by atoms with Crippen molar-refractivity contribution in [1.82, 2.24) is 9.80 Å². The summed E-state index contributed by atoms with van der Waals surface area (Å²) in [5.74, 6) is 0.544. The van der Waals surface area contributed by atoms with E-state index < -0.39 is 6.61 Å². The largest absolute Gasteiger partial charge is 0.490 e. The van der Waals surface area contributed by atoms with Crippen LogP contribution >= 0.6 is 0 Å². The van der Waals surface area contributed by atoms with Crippen molar-refractivity contribution in [2.45, 2.75) is 39.3 Å². The maximum Gasteiger partial charge on any atom is 0.387 e. The number of alkyl halides is 2. The molecule has 2 amide bonds. The van der Waals surface area contributed by atoms with Crippen LogP contribution in [0.1, 0.15) is 42.1 Å². The van der Waals surface area contributed by atoms with E-state index in [0.29, 0.717) is 23.7 Å². The summed E-state index contributed by atoms with van der Waals surface area (Å²) in [6, 6.07) is 11.0. The second-order valence-electron chi connectivity index (χ2n) is 8.01. The molecule has 1 aliphatic rings. The smallest absolute Gasteiger partial charge is 0.387 e. The van der Waals surface area contributed by atoms with Gasteiger partial charge in [-0.3, -0.25) is 9.59 Å². The van der Waals surface area contributed by atoms with Crippen LogP contribution in [0.4, 0.5) is 8.78 Å². The third-order valence-electron chi connectivity index (χ3n) is 5.47. The number of carbonyl (C=O) groups is 2. The van der Waals surface area contributed by atoms with Gasteiger partial charge in [-0.25, -0.2) is 0 Å². The van der Waals surface area contributed by atoms with Crippen LogP contribution < -0.4 is 14.2 Å². The van der Waals surface area contributed by atoms with E-state index in [1.54, 1.807) is 37.4 Å². The Morgan fingerprint density at radius 2 is 1.71 bits per heavy atom. The van der Waals surface area contributed by atoms with Gasteiger partial charge in [0.25, 0.3) is 11.8 Å². The first-order chi connectivity index (χ1) is 16.4. The van der Waals surface area contributed by atoms with Crippen LogP contribution in [0.2, 0.25) is 0 Å². The molecule has 0 aromatic heterocycles. The molecule has 2 aromatic rings. The average molecular weight is 477 g/mol. The van der Waals surface area contributed by atoms with E-state index >= 15 is 0 Å². The molecule has 7 nitrogen and oxygen atoms in total. The van der Waals surface area contributed by atoms with Crippen LogP contribution in [-0.4, -0.2) is 61.6 Å². The molecule has 0 radical (unpaired) electrons. The van der Waals surface area contributed by atoms with Gasteiger partial charge in [-0.15, -0.1) is 0 Å². The average Bonchev–Trinajstić information content (AvgIpc) is 2.84. The van der Waals surface area contributed by atoms with Crippen molar-refractivity contribution in [2.24, 2.45) is 0 Å². The lowest BCUT2D eigenvalue weighted by Gasteiger charge is -2.26. The van der Waals surface area contributed by atoms with Crippen LogP contribution in [0.3, 0.4) is 0 Å². The fourth-order valence-electron chi connectivity index (χ4n) is 3.75. The van der Waals surface area contributed by atoms with Crippen molar-refractivity contribution >= 4 is 11.8 Å². The molecule has 0 bridgehead atoms. The van der Waals surface area contributed by atoms with Gasteiger partial charge < -0.3 is 24.0 Å². The zero-order valence-corrected chi connectivity index (χ0v) is 19.5. The number of piperidine rings is 1. The van der Waals surface area contributed by atoms with Crippen LogP contribution in [0.25, 0.3) is 0 Å². The van der Waals surface area contributed by atoms with Crippen molar-refractivity contribution < 1.29 is 32.6 Å². The molecule has 1 aliphatic heterocycles. The lowest BCUT2D eigenvalue weighted by atomic mass is 10.1. The molecule has 0 saturated carbocycles. The fraction of sp³-hybridized carbons (Fsp3) is 0.440. The predicted octanol–water partition coefficient (Wildman–Crippen LogP) is 4.35. The SMILES string of the molecule is CCOc1cc(C(=O)N(C)Cc2ccc(OC(F)F)cc2)ccc1OCC(=O)N1CCCCC1. The number of halogens is 2. The van der Waals surface area contributed by atoms with E-state index in [1.165, 1.54) is 17.0 Å². The monoisotopic (exact) mass is 476 g/mol. The lowest BCUT2D eigenvalue weighted by Crippen LogP contribution is -2.38. The molecule has 0 spiro atoms. The summed E-state index contributed by atoms with van der Waals surface area (Å²) >= 11 is 0. The Morgan fingerprint density at radius 1 is 1.00 bits per heavy atom. The van der Waals surface area contributed by atoms with Gasteiger partial charge >= 0.3 is 6.61 Å². The topological polar surface area (TPSA) is 68.3 Å². The first-order valence-electron chi connectivity index (χ1n) is 11.3. The van der Waals surface area contributed by atoms with Crippen LogP contribution in [0.5, 0.6) is 17.2 Å². The molecule has 0 N–H and O–H groups in total. The molecule has 0 aliphatic carbocycles. The Kier molecular flexibility index (Phi) is 9.07. The Morgan fingerprint density at radius 3 is 2.35 bits per heavy atom. The van der Waals surface area contributed by atoms with Gasteiger partial charge in [-0.2, -0.15) is 8.78 Å². The Bertz CT molecular complexity index is 962. The highest BCUT2D eigenvalue weighted by Crippen LogP contribution is 2.29. The maximum absolute atomic E-state index is 12.9. The van der Waals surface area contributed by atoms with E-state index in [4.69, 9.17) is 9.47 Å². The predicted molar refractivity (Wildman–Crippen MR) is 122 cm³/mol. The highest BCUT2D eigenvalue weighted by atomic mass is 19.3. The molecule has 184 valence electrons. The van der Waals surface area contributed by atoms with E-state index in [-0.39, 0.29) is 30.7 Å². The van der Waals surface area contributed by atoms with Crippen molar-refractivity contribution in [2.75, 3.05) is 33.4 Å². The number of benzene rings is 2. The van der Waals surface area contributed by atoms with E-state index in [9.17, 15) is 18.4 Å². The standard InChI is InChI=1S/C25H30F2N2O5/c1-3-32-22-15-19(9-12-21(22)33-17-23(30)29-13-5-4-6-14-29)24(31)28(2)16-18-7-10-20(11-8-18)34-25(26)27/h7-12,15,25H,3-6,13-14,16-17H2,1-2H3. The molecule has 34 heavy (non-hydrogen) atoms. The van der Waals surface area contributed by atoms with E-state index in [1.807, 2.05) is 11.8 Å². The van der Waals surface area contributed by atoms with E-state index in [0.717, 1.165) is 37.9 Å². The van der Waals surface area contributed by atoms with Gasteiger partial charge in [0.15, 0.2) is 18.1 Å². The molecule has 0 unspecified atom stereocenters. The number of carbonyl (C=O) groups excluding carboxylic acids is 2. The zero-order chi connectivity index (χ0) is 24.5. The highest BCUT2D eigenvalue weighted by Gasteiger charge is 2.19. The van der Waals surface area contributed by atoms with Crippen molar-refractivity contribution in [3.05, 3.63) is 53.6 Å². The summed E-state index contributed by atoms with van der Waals surface area (Å²) < 4.78 is 40.3. The second kappa shape index (κ2) is 12.2. The molecule has 1 saturated heterocycles.